The van der Waals surface area contributed by atoms with E-state index < -0.39 is 17.1 Å². The first kappa shape index (κ1) is 18.2. The Hall–Kier alpha value is -2.18. The molecule has 0 spiro atoms. The SMILES string of the molecule is Cc1ccc(S(=O)NC[C@@H](C)NC(=O)OCc2ccccc2)cc1. The summed E-state index contributed by atoms with van der Waals surface area (Å²) in [7, 11) is -1.30. The van der Waals surface area contributed by atoms with E-state index in [1.165, 1.54) is 0 Å². The lowest BCUT2D eigenvalue weighted by atomic mass is 10.2. The Bertz CT molecular complexity index is 674. The first-order valence-corrected chi connectivity index (χ1v) is 8.89. The third-order valence-electron chi connectivity index (χ3n) is 3.33. The Morgan fingerprint density at radius 1 is 1.12 bits per heavy atom. The van der Waals surface area contributed by atoms with Gasteiger partial charge < -0.3 is 10.1 Å². The van der Waals surface area contributed by atoms with Gasteiger partial charge in [-0.3, -0.25) is 0 Å². The van der Waals surface area contributed by atoms with Gasteiger partial charge in [-0.05, 0) is 31.5 Å². The highest BCUT2D eigenvalue weighted by Crippen LogP contribution is 2.06. The maximum atomic E-state index is 12.1. The maximum Gasteiger partial charge on any atom is 0.407 e. The fraction of sp³-hybridized carbons (Fsp3) is 0.278. The van der Waals surface area contributed by atoms with Crippen molar-refractivity contribution in [3.8, 4) is 0 Å². The molecule has 1 amide bonds. The van der Waals surface area contributed by atoms with Crippen molar-refractivity contribution in [3.63, 3.8) is 0 Å². The number of carbonyl (C=O) groups excluding carboxylic acids is 1. The number of hydrogen-bond donors (Lipinski definition) is 2. The van der Waals surface area contributed by atoms with Crippen LogP contribution in [-0.4, -0.2) is 22.9 Å². The monoisotopic (exact) mass is 346 g/mol. The number of ether oxygens (including phenoxy) is 1. The van der Waals surface area contributed by atoms with Gasteiger partial charge in [0, 0.05) is 12.6 Å². The topological polar surface area (TPSA) is 67.4 Å². The molecule has 2 atom stereocenters. The molecular weight excluding hydrogens is 324 g/mol. The van der Waals surface area contributed by atoms with E-state index in [9.17, 15) is 9.00 Å². The third-order valence-corrected chi connectivity index (χ3v) is 4.46. The summed E-state index contributed by atoms with van der Waals surface area (Å²) in [5, 5.41) is 2.71. The van der Waals surface area contributed by atoms with Gasteiger partial charge in [0.05, 0.1) is 4.90 Å². The first-order chi connectivity index (χ1) is 11.5. The average molecular weight is 346 g/mol. The van der Waals surface area contributed by atoms with E-state index in [2.05, 4.69) is 10.0 Å². The minimum Gasteiger partial charge on any atom is -0.445 e. The Balaban J connectivity index is 1.70. The lowest BCUT2D eigenvalue weighted by Gasteiger charge is -2.14. The smallest absolute Gasteiger partial charge is 0.407 e. The highest BCUT2D eigenvalue weighted by Gasteiger charge is 2.10. The third kappa shape index (κ3) is 6.14. The van der Waals surface area contributed by atoms with E-state index in [0.717, 1.165) is 11.1 Å². The molecule has 0 aliphatic carbocycles. The molecule has 24 heavy (non-hydrogen) atoms. The summed E-state index contributed by atoms with van der Waals surface area (Å²) in [5.41, 5.74) is 2.05. The average Bonchev–Trinajstić information content (AvgIpc) is 2.59. The molecule has 0 bridgehead atoms. The number of hydrogen-bond acceptors (Lipinski definition) is 3. The molecule has 5 nitrogen and oxygen atoms in total. The molecule has 0 saturated carbocycles. The molecule has 0 aliphatic heterocycles. The van der Waals surface area contributed by atoms with Crippen molar-refractivity contribution in [3.05, 3.63) is 65.7 Å². The molecule has 0 fully saturated rings. The Morgan fingerprint density at radius 3 is 2.46 bits per heavy atom. The maximum absolute atomic E-state index is 12.1. The van der Waals surface area contributed by atoms with Crippen LogP contribution in [0.4, 0.5) is 4.79 Å². The molecule has 0 radical (unpaired) electrons. The summed E-state index contributed by atoms with van der Waals surface area (Å²) >= 11 is 0. The number of rotatable bonds is 7. The minimum atomic E-state index is -1.30. The number of alkyl carbamates (subject to hydrolysis) is 1. The summed E-state index contributed by atoms with van der Waals surface area (Å²) in [6.45, 7) is 4.40. The van der Waals surface area contributed by atoms with Crippen molar-refractivity contribution in [2.75, 3.05) is 6.54 Å². The first-order valence-electron chi connectivity index (χ1n) is 7.74. The van der Waals surface area contributed by atoms with Gasteiger partial charge in [0.2, 0.25) is 0 Å². The van der Waals surface area contributed by atoms with Gasteiger partial charge in [-0.2, -0.15) is 0 Å². The van der Waals surface area contributed by atoms with Gasteiger partial charge in [-0.1, -0.05) is 48.0 Å². The number of aryl methyl sites for hydroxylation is 1. The van der Waals surface area contributed by atoms with Crippen LogP contribution in [0.2, 0.25) is 0 Å². The van der Waals surface area contributed by atoms with Gasteiger partial charge in [0.25, 0.3) is 0 Å². The normalized spacial score (nSPS) is 13.1. The number of benzene rings is 2. The summed E-state index contributed by atoms with van der Waals surface area (Å²) in [5.74, 6) is 0. The second kappa shape index (κ2) is 9.20. The van der Waals surface area contributed by atoms with Gasteiger partial charge in [0.1, 0.15) is 17.6 Å². The molecule has 0 aliphatic rings. The van der Waals surface area contributed by atoms with E-state index in [-0.39, 0.29) is 12.6 Å². The Morgan fingerprint density at radius 2 is 1.79 bits per heavy atom. The second-order valence-corrected chi connectivity index (χ2v) is 6.83. The fourth-order valence-electron chi connectivity index (χ4n) is 1.96. The van der Waals surface area contributed by atoms with E-state index >= 15 is 0 Å². The van der Waals surface area contributed by atoms with Crippen LogP contribution in [-0.2, 0) is 22.3 Å². The van der Waals surface area contributed by atoms with Crippen molar-refractivity contribution in [2.45, 2.75) is 31.4 Å². The van der Waals surface area contributed by atoms with Crippen LogP contribution in [0.25, 0.3) is 0 Å². The molecule has 2 aromatic rings. The van der Waals surface area contributed by atoms with E-state index in [1.807, 2.05) is 68.4 Å². The molecule has 1 unspecified atom stereocenters. The molecule has 2 N–H and O–H groups in total. The standard InChI is InChI=1S/C18H22N2O3S/c1-14-8-10-17(11-9-14)24(22)19-12-15(2)20-18(21)23-13-16-6-4-3-5-7-16/h3-11,15,19H,12-13H2,1-2H3,(H,20,21)/t15-,24?/m1/s1. The van der Waals surface area contributed by atoms with Crippen molar-refractivity contribution >= 4 is 17.1 Å². The Labute approximate surface area is 145 Å². The van der Waals surface area contributed by atoms with Gasteiger partial charge in [-0.25, -0.2) is 13.7 Å². The molecule has 128 valence electrons. The molecule has 2 aromatic carbocycles. The van der Waals surface area contributed by atoms with Crippen LogP contribution in [0.5, 0.6) is 0 Å². The van der Waals surface area contributed by atoms with Crippen molar-refractivity contribution < 1.29 is 13.7 Å². The zero-order chi connectivity index (χ0) is 17.4. The van der Waals surface area contributed by atoms with Crippen LogP contribution in [0.15, 0.2) is 59.5 Å². The van der Waals surface area contributed by atoms with Crippen LogP contribution in [0.1, 0.15) is 18.1 Å². The highest BCUT2D eigenvalue weighted by atomic mass is 32.2. The van der Waals surface area contributed by atoms with E-state index in [1.54, 1.807) is 0 Å². The fourth-order valence-corrected chi connectivity index (χ4v) is 2.91. The molecule has 0 heterocycles. The van der Waals surface area contributed by atoms with Crippen LogP contribution < -0.4 is 10.0 Å². The molecule has 6 heteroatoms. The summed E-state index contributed by atoms with van der Waals surface area (Å²) in [6, 6.07) is 16.7. The number of carbonyl (C=O) groups is 1. The largest absolute Gasteiger partial charge is 0.445 e. The summed E-state index contributed by atoms with van der Waals surface area (Å²) in [6.07, 6.45) is -0.491. The van der Waals surface area contributed by atoms with Gasteiger partial charge in [-0.15, -0.1) is 0 Å². The zero-order valence-electron chi connectivity index (χ0n) is 13.8. The van der Waals surface area contributed by atoms with Gasteiger partial charge >= 0.3 is 6.09 Å². The summed E-state index contributed by atoms with van der Waals surface area (Å²) < 4.78 is 20.2. The number of amides is 1. The molecule has 0 aromatic heterocycles. The van der Waals surface area contributed by atoms with Crippen molar-refractivity contribution in [1.29, 1.82) is 0 Å². The predicted molar refractivity (Wildman–Crippen MR) is 94.8 cm³/mol. The lowest BCUT2D eigenvalue weighted by Crippen LogP contribution is -2.40. The molecule has 2 rings (SSSR count). The van der Waals surface area contributed by atoms with E-state index in [0.29, 0.717) is 11.4 Å². The summed E-state index contributed by atoms with van der Waals surface area (Å²) in [4.78, 5) is 12.4. The highest BCUT2D eigenvalue weighted by molar-refractivity contribution is 7.83. The second-order valence-electron chi connectivity index (χ2n) is 5.54. The van der Waals surface area contributed by atoms with E-state index in [4.69, 9.17) is 4.74 Å². The molecular formula is C18H22N2O3S. The quantitative estimate of drug-likeness (QED) is 0.810. The van der Waals surface area contributed by atoms with Gasteiger partial charge in [0.15, 0.2) is 0 Å². The van der Waals surface area contributed by atoms with Crippen molar-refractivity contribution in [1.82, 2.24) is 10.0 Å². The lowest BCUT2D eigenvalue weighted by molar-refractivity contribution is 0.136. The predicted octanol–water partition coefficient (Wildman–Crippen LogP) is 2.92. The zero-order valence-corrected chi connectivity index (χ0v) is 14.6. The van der Waals surface area contributed by atoms with Crippen LogP contribution in [0, 0.1) is 6.92 Å². The Kier molecular flexibility index (Phi) is 6.96. The van der Waals surface area contributed by atoms with Crippen molar-refractivity contribution in [2.24, 2.45) is 0 Å². The van der Waals surface area contributed by atoms with Crippen LogP contribution >= 0.6 is 0 Å². The minimum absolute atomic E-state index is 0.206. The molecule has 0 saturated heterocycles. The number of nitrogens with one attached hydrogen (secondary N) is 2. The van der Waals surface area contributed by atoms with Crippen LogP contribution in [0.3, 0.4) is 0 Å².